The lowest BCUT2D eigenvalue weighted by Crippen LogP contribution is -2.63. The van der Waals surface area contributed by atoms with Gasteiger partial charge in [0.05, 0.1) is 6.61 Å². The molecule has 2 aromatic rings. The van der Waals surface area contributed by atoms with E-state index in [1.165, 1.54) is 0 Å². The fraction of sp³-hybridized carbons (Fsp3) is 0.433. The monoisotopic (exact) mass is 606 g/mol. The van der Waals surface area contributed by atoms with Gasteiger partial charge in [0.2, 0.25) is 12.4 Å². The SMILES string of the molecule is [2H]CC(=O)OC[C@H]1OC(Oc2ccccc2-c2cccc(OCC(=O)OCC)c2)[C@@H](OC(=O)C[2H])[C@@H](OC(=O)C[2H])[C@@H]1OC(=O)C[2H]. The summed E-state index contributed by atoms with van der Waals surface area (Å²) in [7, 11) is 0. The summed E-state index contributed by atoms with van der Waals surface area (Å²) in [6, 6.07) is 13.2. The van der Waals surface area contributed by atoms with Crippen molar-refractivity contribution < 1.29 is 67.4 Å². The zero-order valence-electron chi connectivity index (χ0n) is 27.3. The third-order valence-electron chi connectivity index (χ3n) is 5.74. The van der Waals surface area contributed by atoms with Crippen LogP contribution in [0.25, 0.3) is 11.1 Å². The molecule has 1 aliphatic heterocycles. The molecule has 1 unspecified atom stereocenters. The van der Waals surface area contributed by atoms with Crippen molar-refractivity contribution in [2.75, 3.05) is 19.8 Å². The molecule has 0 radical (unpaired) electrons. The lowest BCUT2D eigenvalue weighted by molar-refractivity contribution is -0.288. The first kappa shape index (κ1) is 27.2. The van der Waals surface area contributed by atoms with Crippen LogP contribution in [0.4, 0.5) is 0 Å². The minimum absolute atomic E-state index is 0.140. The molecule has 0 aliphatic carbocycles. The summed E-state index contributed by atoms with van der Waals surface area (Å²) in [6.07, 6.45) is -8.11. The molecule has 0 amide bonds. The molecule has 1 heterocycles. The summed E-state index contributed by atoms with van der Waals surface area (Å²) < 4.78 is 73.3. The summed E-state index contributed by atoms with van der Waals surface area (Å²) in [5.41, 5.74) is 1.01. The highest BCUT2D eigenvalue weighted by Crippen LogP contribution is 2.36. The number of carbonyl (C=O) groups excluding carboxylic acids is 5. The summed E-state index contributed by atoms with van der Waals surface area (Å²) in [5, 5.41) is 0. The average molecular weight is 607 g/mol. The number of para-hydroxylation sites is 1. The number of hydrogen-bond acceptors (Lipinski definition) is 13. The summed E-state index contributed by atoms with van der Waals surface area (Å²) in [6.45, 7) is -2.45. The molecule has 3 rings (SSSR count). The Morgan fingerprint density at radius 1 is 0.791 bits per heavy atom. The number of ether oxygens (including phenoxy) is 8. The maximum Gasteiger partial charge on any atom is 0.344 e. The molecule has 0 spiro atoms. The standard InChI is InChI=1S/C30H34O13/c1-6-36-26(35)16-38-22-11-9-10-21(14-22)23-12-7-8-13-24(23)42-30-29(41-20(5)34)28(40-19(4)33)27(39-18(3)32)25(43-30)15-37-17(2)31/h7-14,25,27-30H,6,15-16H2,1-5H3/t25-,27-,28+,29+,30?/m1/s1/i2D,3D,4D,5D. The van der Waals surface area contributed by atoms with E-state index in [0.717, 1.165) is 0 Å². The van der Waals surface area contributed by atoms with Crippen LogP contribution < -0.4 is 9.47 Å². The Hall–Kier alpha value is -4.65. The Bertz CT molecular complexity index is 1390. The van der Waals surface area contributed by atoms with Crippen LogP contribution in [0.15, 0.2) is 48.5 Å². The predicted octanol–water partition coefficient (Wildman–Crippen LogP) is 2.76. The minimum atomic E-state index is -1.70. The van der Waals surface area contributed by atoms with Crippen molar-refractivity contribution in [2.45, 2.75) is 65.2 Å². The van der Waals surface area contributed by atoms with Crippen molar-refractivity contribution in [1.82, 2.24) is 0 Å². The van der Waals surface area contributed by atoms with Gasteiger partial charge in [0.25, 0.3) is 0 Å². The molecular formula is C30H34O13. The van der Waals surface area contributed by atoms with Crippen LogP contribution in [-0.2, 0) is 52.4 Å². The quantitative estimate of drug-likeness (QED) is 0.257. The van der Waals surface area contributed by atoms with Gasteiger partial charge >= 0.3 is 29.8 Å². The zero-order valence-corrected chi connectivity index (χ0v) is 23.3. The molecule has 232 valence electrons. The van der Waals surface area contributed by atoms with Crippen LogP contribution in [0.3, 0.4) is 0 Å². The largest absolute Gasteiger partial charge is 0.482 e. The van der Waals surface area contributed by atoms with Gasteiger partial charge in [-0.15, -0.1) is 0 Å². The van der Waals surface area contributed by atoms with Crippen LogP contribution in [0.5, 0.6) is 11.5 Å². The number of esters is 5. The molecular weight excluding hydrogens is 568 g/mol. The summed E-state index contributed by atoms with van der Waals surface area (Å²) >= 11 is 0. The fourth-order valence-electron chi connectivity index (χ4n) is 4.17. The highest BCUT2D eigenvalue weighted by atomic mass is 16.7. The van der Waals surface area contributed by atoms with Crippen molar-refractivity contribution in [3.05, 3.63) is 48.5 Å². The summed E-state index contributed by atoms with van der Waals surface area (Å²) in [5.74, 6) is -4.35. The topological polar surface area (TPSA) is 159 Å². The Labute approximate surface area is 253 Å². The molecule has 2 aromatic carbocycles. The normalized spacial score (nSPS) is 22.3. The second kappa shape index (κ2) is 15.5. The maximum atomic E-state index is 12.4. The van der Waals surface area contributed by atoms with Gasteiger partial charge in [0.1, 0.15) is 24.2 Å². The lowest BCUT2D eigenvalue weighted by Gasteiger charge is -2.44. The second-order valence-electron chi connectivity index (χ2n) is 8.82. The van der Waals surface area contributed by atoms with Crippen molar-refractivity contribution >= 4 is 29.8 Å². The third-order valence-corrected chi connectivity index (χ3v) is 5.74. The van der Waals surface area contributed by atoms with E-state index < -0.39 is 94.8 Å². The van der Waals surface area contributed by atoms with Crippen LogP contribution in [0.2, 0.25) is 0 Å². The van der Waals surface area contributed by atoms with E-state index in [1.807, 2.05) is 0 Å². The van der Waals surface area contributed by atoms with Crippen LogP contribution in [-0.4, -0.2) is 80.4 Å². The molecule has 1 fully saturated rings. The summed E-state index contributed by atoms with van der Waals surface area (Å²) in [4.78, 5) is 60.6. The lowest BCUT2D eigenvalue weighted by atomic mass is 9.98. The Morgan fingerprint density at radius 3 is 2.16 bits per heavy atom. The molecule has 1 saturated heterocycles. The van der Waals surface area contributed by atoms with Gasteiger partial charge in [-0.25, -0.2) is 4.79 Å². The number of benzene rings is 2. The molecule has 0 aromatic heterocycles. The van der Waals surface area contributed by atoms with E-state index in [0.29, 0.717) is 16.9 Å². The fourth-order valence-corrected chi connectivity index (χ4v) is 4.17. The highest BCUT2D eigenvalue weighted by Gasteiger charge is 2.53. The first-order valence-electron chi connectivity index (χ1n) is 15.7. The average Bonchev–Trinajstić information content (AvgIpc) is 3.08. The zero-order chi connectivity index (χ0) is 34.3. The number of rotatable bonds is 12. The van der Waals surface area contributed by atoms with Crippen molar-refractivity contribution in [3.8, 4) is 22.6 Å². The van der Waals surface area contributed by atoms with Gasteiger partial charge in [0.15, 0.2) is 18.8 Å². The van der Waals surface area contributed by atoms with Gasteiger partial charge in [0, 0.05) is 38.6 Å². The first-order valence-corrected chi connectivity index (χ1v) is 12.8. The molecule has 0 bridgehead atoms. The van der Waals surface area contributed by atoms with E-state index >= 15 is 0 Å². The van der Waals surface area contributed by atoms with Gasteiger partial charge in [-0.1, -0.05) is 30.3 Å². The van der Waals surface area contributed by atoms with E-state index in [9.17, 15) is 24.0 Å². The first-order chi connectivity index (χ1) is 22.6. The molecule has 13 nitrogen and oxygen atoms in total. The van der Waals surface area contributed by atoms with Crippen molar-refractivity contribution in [3.63, 3.8) is 0 Å². The molecule has 0 N–H and O–H groups in total. The van der Waals surface area contributed by atoms with Gasteiger partial charge in [-0.2, -0.15) is 0 Å². The van der Waals surface area contributed by atoms with Crippen molar-refractivity contribution in [2.24, 2.45) is 0 Å². The number of hydrogen-bond donors (Lipinski definition) is 0. The maximum absolute atomic E-state index is 12.4. The smallest absolute Gasteiger partial charge is 0.344 e. The van der Waals surface area contributed by atoms with Crippen LogP contribution >= 0.6 is 0 Å². The third kappa shape index (κ3) is 9.70. The van der Waals surface area contributed by atoms with Gasteiger partial charge in [-0.3, -0.25) is 19.2 Å². The Morgan fingerprint density at radius 2 is 1.47 bits per heavy atom. The molecule has 0 saturated carbocycles. The highest BCUT2D eigenvalue weighted by molar-refractivity contribution is 5.73. The predicted molar refractivity (Wildman–Crippen MR) is 147 cm³/mol. The van der Waals surface area contributed by atoms with Gasteiger partial charge < -0.3 is 37.9 Å². The van der Waals surface area contributed by atoms with E-state index in [-0.39, 0.29) is 19.0 Å². The Balaban J connectivity index is 2.04. The molecule has 13 heteroatoms. The number of carbonyl (C=O) groups is 5. The minimum Gasteiger partial charge on any atom is -0.482 e. The van der Waals surface area contributed by atoms with Crippen molar-refractivity contribution in [1.29, 1.82) is 0 Å². The molecule has 1 aliphatic rings. The second-order valence-corrected chi connectivity index (χ2v) is 8.82. The van der Waals surface area contributed by atoms with E-state index in [4.69, 9.17) is 43.4 Å². The molecule has 5 atom stereocenters. The Kier molecular flexibility index (Phi) is 9.83. The van der Waals surface area contributed by atoms with Crippen LogP contribution in [0, 0.1) is 0 Å². The molecule has 43 heavy (non-hydrogen) atoms. The van der Waals surface area contributed by atoms with E-state index in [2.05, 4.69) is 0 Å². The van der Waals surface area contributed by atoms with Gasteiger partial charge in [-0.05, 0) is 30.7 Å². The van der Waals surface area contributed by atoms with E-state index in [1.54, 1.807) is 55.5 Å². The van der Waals surface area contributed by atoms with Crippen LogP contribution in [0.1, 0.15) is 40.0 Å².